The molecule has 0 saturated carbocycles. The molecule has 128 valence electrons. The second-order valence-electron chi connectivity index (χ2n) is 6.06. The van der Waals surface area contributed by atoms with Crippen molar-refractivity contribution in [2.75, 3.05) is 0 Å². The molecule has 1 unspecified atom stereocenters. The van der Waals surface area contributed by atoms with Gasteiger partial charge in [-0.25, -0.2) is 0 Å². The average Bonchev–Trinajstić information content (AvgIpc) is 3.07. The second kappa shape index (κ2) is 6.58. The van der Waals surface area contributed by atoms with Gasteiger partial charge < -0.3 is 10.5 Å². The van der Waals surface area contributed by atoms with Crippen LogP contribution in [0.1, 0.15) is 17.0 Å². The van der Waals surface area contributed by atoms with Crippen LogP contribution in [-0.4, -0.2) is 10.2 Å². The fourth-order valence-corrected chi connectivity index (χ4v) is 3.36. The predicted octanol–water partition coefficient (Wildman–Crippen LogP) is 4.14. The molecule has 0 spiro atoms. The number of hydrogen-bond donors (Lipinski definition) is 2. The Morgan fingerprint density at radius 3 is 2.58 bits per heavy atom. The molecule has 0 fully saturated rings. The smallest absolute Gasteiger partial charge is 0.244 e. The molecule has 2 heterocycles. The number of rotatable bonds is 3. The van der Waals surface area contributed by atoms with Crippen LogP contribution in [0.5, 0.6) is 5.88 Å². The highest BCUT2D eigenvalue weighted by molar-refractivity contribution is 6.30. The van der Waals surface area contributed by atoms with Gasteiger partial charge in [0.05, 0.1) is 16.8 Å². The summed E-state index contributed by atoms with van der Waals surface area (Å²) in [4.78, 5) is 0. The van der Waals surface area contributed by atoms with Gasteiger partial charge in [-0.05, 0) is 24.1 Å². The Bertz CT molecular complexity index is 1020. The Labute approximate surface area is 155 Å². The van der Waals surface area contributed by atoms with Crippen LogP contribution in [0.15, 0.2) is 66.1 Å². The van der Waals surface area contributed by atoms with E-state index in [0.29, 0.717) is 22.9 Å². The number of nitrogens with zero attached hydrogens (tertiary/aromatic N) is 2. The van der Waals surface area contributed by atoms with Crippen LogP contribution in [0.3, 0.4) is 0 Å². The number of ether oxygens (including phenoxy) is 1. The van der Waals surface area contributed by atoms with Crippen molar-refractivity contribution >= 4 is 11.6 Å². The van der Waals surface area contributed by atoms with Crippen molar-refractivity contribution in [3.8, 4) is 23.2 Å². The third kappa shape index (κ3) is 2.81. The summed E-state index contributed by atoms with van der Waals surface area (Å²) >= 11 is 6.00. The van der Waals surface area contributed by atoms with Crippen molar-refractivity contribution in [2.24, 2.45) is 5.73 Å². The van der Waals surface area contributed by atoms with E-state index in [1.54, 1.807) is 0 Å². The average molecular weight is 363 g/mol. The molecular weight excluding hydrogens is 348 g/mol. The number of aromatic amines is 1. The molecule has 5 nitrogen and oxygen atoms in total. The molecule has 1 aromatic heterocycles. The van der Waals surface area contributed by atoms with Gasteiger partial charge in [-0.1, -0.05) is 54.1 Å². The predicted molar refractivity (Wildman–Crippen MR) is 99.4 cm³/mol. The van der Waals surface area contributed by atoms with E-state index < -0.39 is 0 Å². The molecule has 2 aromatic carbocycles. The SMILES string of the molecule is N#CC1=C(N)Oc2n[nH]c(-c3ccc(Cl)cc3)c2C1Cc1ccccc1. The Morgan fingerprint density at radius 2 is 1.88 bits per heavy atom. The molecule has 1 aliphatic rings. The number of hydrogen-bond acceptors (Lipinski definition) is 4. The van der Waals surface area contributed by atoms with Gasteiger partial charge in [-0.3, -0.25) is 5.10 Å². The molecule has 26 heavy (non-hydrogen) atoms. The lowest BCUT2D eigenvalue weighted by Gasteiger charge is -2.23. The van der Waals surface area contributed by atoms with E-state index in [9.17, 15) is 5.26 Å². The third-order valence-electron chi connectivity index (χ3n) is 4.47. The number of halogens is 1. The van der Waals surface area contributed by atoms with Crippen LogP contribution in [0.2, 0.25) is 5.02 Å². The maximum Gasteiger partial charge on any atom is 0.244 e. The van der Waals surface area contributed by atoms with Crippen molar-refractivity contribution in [3.05, 3.63) is 82.2 Å². The largest absolute Gasteiger partial charge is 0.420 e. The molecule has 3 aromatic rings. The minimum Gasteiger partial charge on any atom is -0.420 e. The van der Waals surface area contributed by atoms with Crippen molar-refractivity contribution in [1.82, 2.24) is 10.2 Å². The Balaban J connectivity index is 1.84. The van der Waals surface area contributed by atoms with Crippen LogP contribution in [0.4, 0.5) is 0 Å². The minimum atomic E-state index is -0.240. The summed E-state index contributed by atoms with van der Waals surface area (Å²) < 4.78 is 5.60. The van der Waals surface area contributed by atoms with E-state index >= 15 is 0 Å². The summed E-state index contributed by atoms with van der Waals surface area (Å²) in [5.41, 5.74) is 10.1. The zero-order chi connectivity index (χ0) is 18.1. The Hall–Kier alpha value is -3.23. The third-order valence-corrected chi connectivity index (χ3v) is 4.73. The Kier molecular flexibility index (Phi) is 4.11. The fraction of sp³-hybridized carbons (Fsp3) is 0.100. The molecule has 0 bridgehead atoms. The summed E-state index contributed by atoms with van der Waals surface area (Å²) in [6.45, 7) is 0. The molecule has 0 radical (unpaired) electrons. The van der Waals surface area contributed by atoms with Crippen LogP contribution < -0.4 is 10.5 Å². The molecule has 4 rings (SSSR count). The lowest BCUT2D eigenvalue weighted by atomic mass is 9.84. The highest BCUT2D eigenvalue weighted by atomic mass is 35.5. The fourth-order valence-electron chi connectivity index (χ4n) is 3.23. The van der Waals surface area contributed by atoms with Gasteiger partial charge in [0.1, 0.15) is 6.07 Å². The number of nitriles is 1. The normalized spacial score (nSPS) is 15.9. The van der Waals surface area contributed by atoms with Crippen LogP contribution in [-0.2, 0) is 6.42 Å². The number of allylic oxidation sites excluding steroid dienone is 1. The number of nitrogens with one attached hydrogen (secondary N) is 1. The Morgan fingerprint density at radius 1 is 1.15 bits per heavy atom. The lowest BCUT2D eigenvalue weighted by molar-refractivity contribution is 0.374. The van der Waals surface area contributed by atoms with Gasteiger partial charge in [-0.2, -0.15) is 5.26 Å². The zero-order valence-corrected chi connectivity index (χ0v) is 14.5. The van der Waals surface area contributed by atoms with Crippen molar-refractivity contribution in [3.63, 3.8) is 0 Å². The summed E-state index contributed by atoms with van der Waals surface area (Å²) in [7, 11) is 0. The molecule has 0 saturated heterocycles. The maximum absolute atomic E-state index is 9.65. The van der Waals surface area contributed by atoms with Gasteiger partial charge in [0.25, 0.3) is 0 Å². The number of H-pyrrole nitrogens is 1. The molecule has 1 atom stereocenters. The highest BCUT2D eigenvalue weighted by Gasteiger charge is 2.34. The van der Waals surface area contributed by atoms with E-state index in [0.717, 1.165) is 22.4 Å². The van der Waals surface area contributed by atoms with E-state index in [1.165, 1.54) is 0 Å². The summed E-state index contributed by atoms with van der Waals surface area (Å²) in [6.07, 6.45) is 0.626. The summed E-state index contributed by atoms with van der Waals surface area (Å²) in [5.74, 6) is 0.276. The number of fused-ring (bicyclic) bond motifs is 1. The quantitative estimate of drug-likeness (QED) is 0.732. The molecular formula is C20H15ClN4O. The van der Waals surface area contributed by atoms with Crippen molar-refractivity contribution < 1.29 is 4.74 Å². The molecule has 3 N–H and O–H groups in total. The van der Waals surface area contributed by atoms with Gasteiger partial charge in [-0.15, -0.1) is 5.10 Å². The highest BCUT2D eigenvalue weighted by Crippen LogP contribution is 2.43. The number of aromatic nitrogens is 2. The second-order valence-corrected chi connectivity index (χ2v) is 6.49. The molecule has 6 heteroatoms. The molecule has 1 aliphatic heterocycles. The lowest BCUT2D eigenvalue weighted by Crippen LogP contribution is -2.21. The van der Waals surface area contributed by atoms with E-state index in [4.69, 9.17) is 22.1 Å². The standard InChI is InChI=1S/C20H15ClN4O/c21-14-8-6-13(7-9-14)18-17-15(10-12-4-2-1-3-5-12)16(11-22)19(23)26-20(17)25-24-18/h1-9,15H,10,23H2,(H,24,25). The van der Waals surface area contributed by atoms with Crippen molar-refractivity contribution in [1.29, 1.82) is 5.26 Å². The monoisotopic (exact) mass is 362 g/mol. The zero-order valence-electron chi connectivity index (χ0n) is 13.7. The van der Waals surface area contributed by atoms with Crippen LogP contribution in [0.25, 0.3) is 11.3 Å². The minimum absolute atomic E-state index is 0.107. The first-order valence-corrected chi connectivity index (χ1v) is 8.51. The van der Waals surface area contributed by atoms with Gasteiger partial charge in [0.2, 0.25) is 11.8 Å². The van der Waals surface area contributed by atoms with Gasteiger partial charge >= 0.3 is 0 Å². The topological polar surface area (TPSA) is 87.7 Å². The first-order valence-electron chi connectivity index (χ1n) is 8.13. The van der Waals surface area contributed by atoms with Gasteiger partial charge in [0, 0.05) is 16.5 Å². The summed E-state index contributed by atoms with van der Waals surface area (Å²) in [6, 6.07) is 19.6. The number of nitrogens with two attached hydrogens (primary N) is 1. The van der Waals surface area contributed by atoms with E-state index in [1.807, 2.05) is 54.6 Å². The van der Waals surface area contributed by atoms with Crippen LogP contribution >= 0.6 is 11.6 Å². The summed E-state index contributed by atoms with van der Waals surface area (Å²) in [5, 5.41) is 17.6. The van der Waals surface area contributed by atoms with E-state index in [-0.39, 0.29) is 11.8 Å². The first kappa shape index (κ1) is 16.2. The first-order chi connectivity index (χ1) is 12.7. The molecule has 0 amide bonds. The maximum atomic E-state index is 9.65. The van der Waals surface area contributed by atoms with Crippen LogP contribution in [0, 0.1) is 11.3 Å². The number of benzene rings is 2. The van der Waals surface area contributed by atoms with E-state index in [2.05, 4.69) is 16.3 Å². The van der Waals surface area contributed by atoms with Gasteiger partial charge in [0.15, 0.2) is 0 Å². The van der Waals surface area contributed by atoms with Crippen molar-refractivity contribution in [2.45, 2.75) is 12.3 Å². The molecule has 0 aliphatic carbocycles.